The Balaban J connectivity index is 1.79. The molecule has 1 saturated heterocycles. The van der Waals surface area contributed by atoms with Gasteiger partial charge in [-0.1, -0.05) is 18.5 Å². The number of benzene rings is 1. The molecule has 0 bridgehead atoms. The number of halogens is 1. The van der Waals surface area contributed by atoms with Gasteiger partial charge in [-0.05, 0) is 55.2 Å². The summed E-state index contributed by atoms with van der Waals surface area (Å²) in [5.41, 5.74) is 2.16. The summed E-state index contributed by atoms with van der Waals surface area (Å²) in [6, 6.07) is 3.98. The molecule has 4 rings (SSSR count). The van der Waals surface area contributed by atoms with Crippen molar-refractivity contribution in [3.8, 4) is 0 Å². The van der Waals surface area contributed by atoms with Crippen molar-refractivity contribution >= 4 is 28.3 Å². The summed E-state index contributed by atoms with van der Waals surface area (Å²) in [4.78, 5) is 12.0. The van der Waals surface area contributed by atoms with Gasteiger partial charge >= 0.3 is 0 Å². The van der Waals surface area contributed by atoms with Gasteiger partial charge in [-0.2, -0.15) is 5.10 Å². The molecule has 1 aromatic carbocycles. The third-order valence-corrected chi connectivity index (χ3v) is 5.91. The first-order chi connectivity index (χ1) is 11.6. The highest BCUT2D eigenvalue weighted by atomic mass is 35.5. The molecule has 24 heavy (non-hydrogen) atoms. The lowest BCUT2D eigenvalue weighted by Gasteiger charge is -2.29. The summed E-state index contributed by atoms with van der Waals surface area (Å²) in [6.45, 7) is 3.02. The maximum Gasteiger partial charge on any atom is 0.150 e. The quantitative estimate of drug-likeness (QED) is 0.779. The molecule has 2 aliphatic rings. The van der Waals surface area contributed by atoms with Crippen molar-refractivity contribution in [3.63, 3.8) is 0 Å². The van der Waals surface area contributed by atoms with Crippen molar-refractivity contribution in [1.29, 1.82) is 0 Å². The second-order valence-electron chi connectivity index (χ2n) is 7.17. The van der Waals surface area contributed by atoms with Gasteiger partial charge in [0, 0.05) is 29.9 Å². The van der Waals surface area contributed by atoms with Crippen molar-refractivity contribution in [2.45, 2.75) is 57.6 Å². The van der Waals surface area contributed by atoms with Crippen molar-refractivity contribution in [1.82, 2.24) is 9.78 Å². The number of Topliss-reactive ketones (excluding diaryl/α,β-unsaturated/α-hetero) is 1. The summed E-state index contributed by atoms with van der Waals surface area (Å²) in [5.74, 6) is 0.988. The first-order valence-corrected chi connectivity index (χ1v) is 9.32. The Morgan fingerprint density at radius 1 is 1.29 bits per heavy atom. The van der Waals surface area contributed by atoms with Gasteiger partial charge in [0.05, 0.1) is 11.7 Å². The van der Waals surface area contributed by atoms with Crippen LogP contribution in [-0.2, 0) is 9.53 Å². The highest BCUT2D eigenvalue weighted by molar-refractivity contribution is 6.32. The Hall–Kier alpha value is -1.39. The van der Waals surface area contributed by atoms with Crippen molar-refractivity contribution in [2.75, 3.05) is 6.61 Å². The molecule has 5 heteroatoms. The van der Waals surface area contributed by atoms with Crippen molar-refractivity contribution in [2.24, 2.45) is 5.92 Å². The molecule has 128 valence electrons. The number of carbonyl (C=O) groups excluding carboxylic acids is 1. The van der Waals surface area contributed by atoms with E-state index in [2.05, 4.69) is 12.0 Å². The molecule has 1 aliphatic carbocycles. The second-order valence-corrected chi connectivity index (χ2v) is 7.58. The van der Waals surface area contributed by atoms with E-state index in [0.29, 0.717) is 24.5 Å². The zero-order chi connectivity index (χ0) is 16.7. The summed E-state index contributed by atoms with van der Waals surface area (Å²) in [5, 5.41) is 6.43. The molecule has 3 atom stereocenters. The van der Waals surface area contributed by atoms with Gasteiger partial charge in [0.1, 0.15) is 5.78 Å². The predicted octanol–water partition coefficient (Wildman–Crippen LogP) is 4.86. The Morgan fingerprint density at radius 2 is 2.17 bits per heavy atom. The van der Waals surface area contributed by atoms with Crippen LogP contribution in [0.5, 0.6) is 0 Å². The number of aromatic nitrogens is 2. The molecule has 0 amide bonds. The van der Waals surface area contributed by atoms with E-state index in [9.17, 15) is 4.79 Å². The Kier molecular flexibility index (Phi) is 4.35. The minimum absolute atomic E-state index is 0.00990. The highest BCUT2D eigenvalue weighted by Crippen LogP contribution is 2.43. The van der Waals surface area contributed by atoms with Crippen LogP contribution in [0.15, 0.2) is 18.3 Å². The van der Waals surface area contributed by atoms with Crippen LogP contribution < -0.4 is 0 Å². The maximum atomic E-state index is 12.0. The van der Waals surface area contributed by atoms with Crippen LogP contribution in [-0.4, -0.2) is 22.2 Å². The first kappa shape index (κ1) is 16.1. The van der Waals surface area contributed by atoms with Crippen LogP contribution in [0, 0.1) is 5.92 Å². The normalized spacial score (nSPS) is 28.4. The fourth-order valence-corrected chi connectivity index (χ4v) is 4.47. The third-order valence-electron chi connectivity index (χ3n) is 5.58. The fourth-order valence-electron chi connectivity index (χ4n) is 4.16. The average molecular weight is 347 g/mol. The molecule has 1 aliphatic heterocycles. The molecule has 1 aromatic heterocycles. The third kappa shape index (κ3) is 2.76. The molecular formula is C19H23ClN2O2. The summed E-state index contributed by atoms with van der Waals surface area (Å²) >= 11 is 6.57. The van der Waals surface area contributed by atoms with E-state index in [0.717, 1.165) is 47.4 Å². The van der Waals surface area contributed by atoms with E-state index < -0.39 is 0 Å². The standard InChI is InChI=1S/C19H23ClN2O2/c1-12-5-6-13(23)10-14(12)19-15-11-21-22(17(15)8-7-16(19)20)18-4-2-3-9-24-18/h7-8,11-12,14,18H,2-6,9-10H2,1H3/t12-,14-,18?/m1/s1. The van der Waals surface area contributed by atoms with Crippen LogP contribution in [0.4, 0.5) is 0 Å². The van der Waals surface area contributed by atoms with Crippen LogP contribution in [0.1, 0.15) is 63.2 Å². The number of hydrogen-bond donors (Lipinski definition) is 0. The van der Waals surface area contributed by atoms with Crippen molar-refractivity contribution in [3.05, 3.63) is 28.9 Å². The van der Waals surface area contributed by atoms with E-state index in [4.69, 9.17) is 16.3 Å². The van der Waals surface area contributed by atoms with E-state index >= 15 is 0 Å². The lowest BCUT2D eigenvalue weighted by molar-refractivity contribution is -0.121. The number of nitrogens with zero attached hydrogens (tertiary/aromatic N) is 2. The first-order valence-electron chi connectivity index (χ1n) is 8.94. The molecule has 0 radical (unpaired) electrons. The van der Waals surface area contributed by atoms with Gasteiger partial charge < -0.3 is 4.74 Å². The topological polar surface area (TPSA) is 44.1 Å². The number of ether oxygens (including phenoxy) is 1. The Morgan fingerprint density at radius 3 is 2.96 bits per heavy atom. The van der Waals surface area contributed by atoms with Crippen LogP contribution in [0.2, 0.25) is 5.02 Å². The molecule has 2 heterocycles. The van der Waals surface area contributed by atoms with Crippen LogP contribution in [0.25, 0.3) is 10.9 Å². The number of carbonyl (C=O) groups is 1. The van der Waals surface area contributed by atoms with Gasteiger partial charge in [-0.3, -0.25) is 4.79 Å². The van der Waals surface area contributed by atoms with E-state index in [1.165, 1.54) is 6.42 Å². The largest absolute Gasteiger partial charge is 0.356 e. The van der Waals surface area contributed by atoms with Gasteiger partial charge in [-0.25, -0.2) is 4.68 Å². The van der Waals surface area contributed by atoms with Gasteiger partial charge in [-0.15, -0.1) is 0 Å². The van der Waals surface area contributed by atoms with Crippen LogP contribution >= 0.6 is 11.6 Å². The lowest BCUT2D eigenvalue weighted by Crippen LogP contribution is -2.22. The lowest BCUT2D eigenvalue weighted by atomic mass is 9.75. The molecule has 4 nitrogen and oxygen atoms in total. The number of rotatable bonds is 2. The number of ketones is 1. The summed E-state index contributed by atoms with van der Waals surface area (Å²) < 4.78 is 7.89. The molecule has 1 saturated carbocycles. The molecule has 1 unspecified atom stereocenters. The fraction of sp³-hybridized carbons (Fsp3) is 0.579. The summed E-state index contributed by atoms with van der Waals surface area (Å²) in [7, 11) is 0. The smallest absolute Gasteiger partial charge is 0.150 e. The van der Waals surface area contributed by atoms with E-state index in [1.807, 2.05) is 23.0 Å². The van der Waals surface area contributed by atoms with Crippen LogP contribution in [0.3, 0.4) is 0 Å². The Labute approximate surface area is 147 Å². The maximum absolute atomic E-state index is 12.0. The molecule has 2 fully saturated rings. The zero-order valence-electron chi connectivity index (χ0n) is 14.0. The van der Waals surface area contributed by atoms with Gasteiger partial charge in [0.25, 0.3) is 0 Å². The number of fused-ring (bicyclic) bond motifs is 1. The van der Waals surface area contributed by atoms with Gasteiger partial charge in [0.2, 0.25) is 0 Å². The van der Waals surface area contributed by atoms with E-state index in [1.54, 1.807) is 0 Å². The van der Waals surface area contributed by atoms with Gasteiger partial charge in [0.15, 0.2) is 6.23 Å². The predicted molar refractivity (Wildman–Crippen MR) is 94.3 cm³/mol. The number of hydrogen-bond acceptors (Lipinski definition) is 3. The summed E-state index contributed by atoms with van der Waals surface area (Å²) in [6.07, 6.45) is 7.42. The zero-order valence-corrected chi connectivity index (χ0v) is 14.8. The van der Waals surface area contributed by atoms with Crippen molar-refractivity contribution < 1.29 is 9.53 Å². The minimum atomic E-state index is 0.00990. The minimum Gasteiger partial charge on any atom is -0.356 e. The molecular weight excluding hydrogens is 324 g/mol. The highest BCUT2D eigenvalue weighted by Gasteiger charge is 2.31. The monoisotopic (exact) mass is 346 g/mol. The molecule has 2 aromatic rings. The average Bonchev–Trinajstić information content (AvgIpc) is 3.02. The SMILES string of the molecule is C[C@@H]1CCC(=O)C[C@H]1c1c(Cl)ccc2c1cnn2C1CCCCO1. The molecule has 0 spiro atoms. The molecule has 0 N–H and O–H groups in total. The van der Waals surface area contributed by atoms with E-state index in [-0.39, 0.29) is 12.1 Å². The Bertz CT molecular complexity index is 764. The second kappa shape index (κ2) is 6.49.